The summed E-state index contributed by atoms with van der Waals surface area (Å²) in [6, 6.07) is 0. The van der Waals surface area contributed by atoms with Crippen LogP contribution in [0.1, 0.15) is 37.3 Å². The smallest absolute Gasteiger partial charge is 0.191 e. The number of rotatable bonds is 4. The Morgan fingerprint density at radius 1 is 1.33 bits per heavy atom. The molecule has 2 rings (SSSR count). The third-order valence-corrected chi connectivity index (χ3v) is 2.94. The average molecular weight is 364 g/mol. The number of aliphatic imine (C=N–C) groups is 1. The van der Waals surface area contributed by atoms with Crippen LogP contribution in [-0.4, -0.2) is 24.2 Å². The van der Waals surface area contributed by atoms with Gasteiger partial charge in [0.15, 0.2) is 5.96 Å². The molecule has 0 spiro atoms. The molecule has 2 N–H and O–H groups in total. The van der Waals surface area contributed by atoms with Crippen molar-refractivity contribution in [2.45, 2.75) is 39.7 Å². The van der Waals surface area contributed by atoms with Crippen LogP contribution in [-0.2, 0) is 19.4 Å². The Morgan fingerprint density at radius 3 is 2.78 bits per heavy atom. The van der Waals surface area contributed by atoms with E-state index >= 15 is 0 Å². The minimum Gasteiger partial charge on any atom is -0.361 e. The zero-order valence-electron chi connectivity index (χ0n) is 11.0. The summed E-state index contributed by atoms with van der Waals surface area (Å²) in [5.74, 6) is 1.87. The molecule has 0 amide bonds. The lowest BCUT2D eigenvalue weighted by Gasteiger charge is -2.16. The van der Waals surface area contributed by atoms with Crippen molar-refractivity contribution >= 4 is 29.9 Å². The Bertz CT molecular complexity index is 381. The van der Waals surface area contributed by atoms with E-state index in [1.165, 1.54) is 5.56 Å². The molecular formula is C12H21IN4O. The Hall–Kier alpha value is -0.790. The molecule has 1 aromatic heterocycles. The molecular weight excluding hydrogens is 343 g/mol. The Kier molecular flexibility index (Phi) is 6.45. The van der Waals surface area contributed by atoms with Gasteiger partial charge < -0.3 is 15.2 Å². The zero-order chi connectivity index (χ0) is 12.1. The monoisotopic (exact) mass is 364 g/mol. The van der Waals surface area contributed by atoms with E-state index in [2.05, 4.69) is 34.6 Å². The maximum atomic E-state index is 5.33. The van der Waals surface area contributed by atoms with Crippen LogP contribution in [0.3, 0.4) is 0 Å². The number of nitrogens with zero attached hydrogens (tertiary/aromatic N) is 2. The van der Waals surface area contributed by atoms with Gasteiger partial charge in [0.25, 0.3) is 0 Å². The normalized spacial score (nSPS) is 14.4. The molecule has 0 saturated carbocycles. The molecule has 1 aliphatic rings. The molecule has 0 atom stereocenters. The van der Waals surface area contributed by atoms with Gasteiger partial charge in [-0.3, -0.25) is 4.99 Å². The zero-order valence-corrected chi connectivity index (χ0v) is 13.3. The molecule has 0 saturated heterocycles. The summed E-state index contributed by atoms with van der Waals surface area (Å²) < 4.78 is 5.33. The molecule has 0 aromatic carbocycles. The van der Waals surface area contributed by atoms with Crippen molar-refractivity contribution in [2.24, 2.45) is 4.99 Å². The molecule has 18 heavy (non-hydrogen) atoms. The van der Waals surface area contributed by atoms with Crippen LogP contribution in [0.25, 0.3) is 0 Å². The molecule has 0 radical (unpaired) electrons. The van der Waals surface area contributed by atoms with E-state index in [1.54, 1.807) is 0 Å². The average Bonchev–Trinajstić information content (AvgIpc) is 2.79. The van der Waals surface area contributed by atoms with Gasteiger partial charge in [-0.1, -0.05) is 19.0 Å². The molecule has 1 aliphatic heterocycles. The summed E-state index contributed by atoms with van der Waals surface area (Å²) in [4.78, 5) is 4.38. The van der Waals surface area contributed by atoms with Crippen molar-refractivity contribution in [1.82, 2.24) is 15.8 Å². The van der Waals surface area contributed by atoms with Crippen LogP contribution >= 0.6 is 24.0 Å². The second-order valence-corrected chi connectivity index (χ2v) is 4.10. The first-order valence-corrected chi connectivity index (χ1v) is 6.33. The summed E-state index contributed by atoms with van der Waals surface area (Å²) in [5, 5.41) is 10.7. The Morgan fingerprint density at radius 2 is 2.17 bits per heavy atom. The van der Waals surface area contributed by atoms with E-state index in [-0.39, 0.29) is 24.0 Å². The van der Waals surface area contributed by atoms with Crippen LogP contribution in [0.5, 0.6) is 0 Å². The molecule has 102 valence electrons. The maximum Gasteiger partial charge on any atom is 0.191 e. The predicted octanol–water partition coefficient (Wildman–Crippen LogP) is 1.86. The fraction of sp³-hybridized carbons (Fsp3) is 0.667. The quantitative estimate of drug-likeness (QED) is 0.801. The van der Waals surface area contributed by atoms with Gasteiger partial charge in [0.2, 0.25) is 0 Å². The molecule has 2 heterocycles. The summed E-state index contributed by atoms with van der Waals surface area (Å²) in [6.07, 6.45) is 2.89. The van der Waals surface area contributed by atoms with Crippen LogP contribution < -0.4 is 10.6 Å². The van der Waals surface area contributed by atoms with Crippen molar-refractivity contribution < 1.29 is 4.52 Å². The van der Waals surface area contributed by atoms with E-state index < -0.39 is 0 Å². The second kappa shape index (κ2) is 7.60. The number of hydrogen-bond acceptors (Lipinski definition) is 5. The van der Waals surface area contributed by atoms with Crippen molar-refractivity contribution in [3.05, 3.63) is 17.0 Å². The van der Waals surface area contributed by atoms with E-state index in [4.69, 9.17) is 4.52 Å². The highest BCUT2D eigenvalue weighted by atomic mass is 127. The van der Waals surface area contributed by atoms with E-state index in [1.807, 2.05) is 0 Å². The summed E-state index contributed by atoms with van der Waals surface area (Å²) in [6.45, 7) is 6.82. The standard InChI is InChI=1S/C12H20N4O.HI/c1-3-10-9(11(4-2)17-16-10)8-15-12-13-6-5-7-14-12;/h3-8H2,1-2H3,(H2,13,14,15);1H. The minimum absolute atomic E-state index is 0. The minimum atomic E-state index is 0. The molecule has 0 unspecified atom stereocenters. The predicted molar refractivity (Wildman–Crippen MR) is 82.4 cm³/mol. The Balaban J connectivity index is 0.00000162. The Labute approximate surface area is 125 Å². The number of guanidine groups is 1. The highest BCUT2D eigenvalue weighted by Gasteiger charge is 2.13. The third kappa shape index (κ3) is 3.60. The second-order valence-electron chi connectivity index (χ2n) is 4.10. The number of aromatic nitrogens is 1. The number of hydrogen-bond donors (Lipinski definition) is 2. The van der Waals surface area contributed by atoms with Crippen LogP contribution in [0.15, 0.2) is 9.52 Å². The molecule has 0 fully saturated rings. The number of halogens is 1. The van der Waals surface area contributed by atoms with E-state index in [9.17, 15) is 0 Å². The van der Waals surface area contributed by atoms with Gasteiger partial charge in [0, 0.05) is 31.6 Å². The number of nitrogens with one attached hydrogen (secondary N) is 2. The van der Waals surface area contributed by atoms with Crippen LogP contribution in [0.4, 0.5) is 0 Å². The first-order valence-electron chi connectivity index (χ1n) is 6.33. The fourth-order valence-electron chi connectivity index (χ4n) is 1.96. The lowest BCUT2D eigenvalue weighted by Crippen LogP contribution is -2.40. The molecule has 1 aromatic rings. The molecule has 0 aliphatic carbocycles. The third-order valence-electron chi connectivity index (χ3n) is 2.94. The van der Waals surface area contributed by atoms with Gasteiger partial charge >= 0.3 is 0 Å². The fourth-order valence-corrected chi connectivity index (χ4v) is 1.96. The van der Waals surface area contributed by atoms with Gasteiger partial charge in [-0.2, -0.15) is 0 Å². The summed E-state index contributed by atoms with van der Waals surface area (Å²) >= 11 is 0. The van der Waals surface area contributed by atoms with Gasteiger partial charge in [0.1, 0.15) is 5.76 Å². The van der Waals surface area contributed by atoms with Gasteiger partial charge in [0.05, 0.1) is 5.69 Å². The highest BCUT2D eigenvalue weighted by Crippen LogP contribution is 2.15. The SMILES string of the molecule is CCc1noc(CC)c1CNC1=NCCCN1.I. The lowest BCUT2D eigenvalue weighted by molar-refractivity contribution is 0.380. The summed E-state index contributed by atoms with van der Waals surface area (Å²) in [5.41, 5.74) is 2.23. The van der Waals surface area contributed by atoms with Crippen molar-refractivity contribution in [2.75, 3.05) is 13.1 Å². The lowest BCUT2D eigenvalue weighted by atomic mass is 10.1. The van der Waals surface area contributed by atoms with E-state index in [0.717, 1.165) is 56.3 Å². The molecule has 0 bridgehead atoms. The summed E-state index contributed by atoms with van der Waals surface area (Å²) in [7, 11) is 0. The number of aryl methyl sites for hydroxylation is 2. The highest BCUT2D eigenvalue weighted by molar-refractivity contribution is 14.0. The van der Waals surface area contributed by atoms with Crippen molar-refractivity contribution in [3.63, 3.8) is 0 Å². The van der Waals surface area contributed by atoms with E-state index in [0.29, 0.717) is 0 Å². The maximum absolute atomic E-state index is 5.33. The molecule has 5 nitrogen and oxygen atoms in total. The van der Waals surface area contributed by atoms with Crippen LogP contribution in [0, 0.1) is 0 Å². The van der Waals surface area contributed by atoms with Crippen LogP contribution in [0.2, 0.25) is 0 Å². The first-order chi connectivity index (χ1) is 8.35. The topological polar surface area (TPSA) is 62.5 Å². The van der Waals surface area contributed by atoms with Gasteiger partial charge in [-0.05, 0) is 12.8 Å². The van der Waals surface area contributed by atoms with Crippen molar-refractivity contribution in [3.8, 4) is 0 Å². The largest absolute Gasteiger partial charge is 0.361 e. The first kappa shape index (κ1) is 15.3. The van der Waals surface area contributed by atoms with Crippen molar-refractivity contribution in [1.29, 1.82) is 0 Å². The van der Waals surface area contributed by atoms with Gasteiger partial charge in [-0.25, -0.2) is 0 Å². The molecule has 6 heteroatoms. The van der Waals surface area contributed by atoms with Gasteiger partial charge in [-0.15, -0.1) is 24.0 Å².